The van der Waals surface area contributed by atoms with Crippen molar-refractivity contribution in [1.29, 1.82) is 0 Å². The van der Waals surface area contributed by atoms with Crippen molar-refractivity contribution in [2.24, 2.45) is 0 Å². The predicted molar refractivity (Wildman–Crippen MR) is 46.0 cm³/mol. The Balaban J connectivity index is 0. The Bertz CT molecular complexity index is 115. The number of hydrogen-bond donors (Lipinski definition) is 2. The van der Waals surface area contributed by atoms with E-state index >= 15 is 0 Å². The van der Waals surface area contributed by atoms with Crippen molar-refractivity contribution in [3.8, 4) is 0 Å². The molecule has 4 heteroatoms. The summed E-state index contributed by atoms with van der Waals surface area (Å²) in [6.45, 7) is 7.80. The van der Waals surface area contributed by atoms with E-state index in [1.807, 2.05) is 6.92 Å². The highest BCUT2D eigenvalue weighted by atomic mass is 16.5. The molecule has 0 aromatic rings. The molecule has 0 saturated heterocycles. The van der Waals surface area contributed by atoms with Crippen molar-refractivity contribution in [3.63, 3.8) is 0 Å². The normalized spacial score (nSPS) is 8.25. The molecule has 0 spiro atoms. The zero-order chi connectivity index (χ0) is 9.98. The molecule has 4 nitrogen and oxygen atoms in total. The number of aliphatic carboxylic acids is 1. The molecule has 0 aliphatic rings. The first-order valence-electron chi connectivity index (χ1n) is 3.63. The highest BCUT2D eigenvalue weighted by molar-refractivity contribution is 5.84. The van der Waals surface area contributed by atoms with E-state index in [0.29, 0.717) is 13.2 Å². The minimum atomic E-state index is -0.935. The van der Waals surface area contributed by atoms with Crippen LogP contribution in [0.5, 0.6) is 0 Å². The van der Waals surface area contributed by atoms with Gasteiger partial charge in [-0.2, -0.15) is 0 Å². The summed E-state index contributed by atoms with van der Waals surface area (Å²) in [7, 11) is 0. The topological polar surface area (TPSA) is 66.8 Å². The van der Waals surface area contributed by atoms with Crippen LogP contribution in [0.4, 0.5) is 0 Å². The van der Waals surface area contributed by atoms with E-state index in [1.54, 1.807) is 0 Å². The smallest absolute Gasteiger partial charge is 0.330 e. The molecule has 2 N–H and O–H groups in total. The first-order chi connectivity index (χ1) is 5.56. The van der Waals surface area contributed by atoms with E-state index in [9.17, 15) is 4.79 Å². The van der Waals surface area contributed by atoms with Gasteiger partial charge in [0.15, 0.2) is 0 Å². The van der Waals surface area contributed by atoms with Crippen molar-refractivity contribution in [2.45, 2.75) is 13.8 Å². The zero-order valence-electron chi connectivity index (χ0n) is 7.54. The van der Waals surface area contributed by atoms with Crippen LogP contribution in [0.15, 0.2) is 12.2 Å². The quantitative estimate of drug-likeness (QED) is 0.488. The lowest BCUT2D eigenvalue weighted by molar-refractivity contribution is -0.132. The number of carboxylic acid groups (broad SMARTS) is 1. The van der Waals surface area contributed by atoms with Crippen molar-refractivity contribution < 1.29 is 19.7 Å². The molecule has 0 rings (SSSR count). The van der Waals surface area contributed by atoms with Gasteiger partial charge in [0.25, 0.3) is 0 Å². The molecule has 0 aromatic heterocycles. The maximum absolute atomic E-state index is 9.60. The Labute approximate surface area is 72.5 Å². The second-order valence-corrected chi connectivity index (χ2v) is 2.01. The van der Waals surface area contributed by atoms with E-state index < -0.39 is 5.97 Å². The predicted octanol–water partition coefficient (Wildman–Crippen LogP) is 0.662. The Morgan fingerprint density at radius 3 is 2.08 bits per heavy atom. The fourth-order valence-electron chi connectivity index (χ4n) is 0.209. The van der Waals surface area contributed by atoms with Gasteiger partial charge in [-0.05, 0) is 13.8 Å². The van der Waals surface area contributed by atoms with Gasteiger partial charge in [0, 0.05) is 12.2 Å². The summed E-state index contributed by atoms with van der Waals surface area (Å²) in [6.07, 6.45) is 0. The van der Waals surface area contributed by atoms with Crippen LogP contribution in [-0.4, -0.2) is 36.0 Å². The Morgan fingerprint density at radius 2 is 2.00 bits per heavy atom. The number of hydrogen-bond acceptors (Lipinski definition) is 3. The molecule has 0 amide bonds. The van der Waals surface area contributed by atoms with Gasteiger partial charge in [0.2, 0.25) is 0 Å². The van der Waals surface area contributed by atoms with Gasteiger partial charge in [0.1, 0.15) is 0 Å². The van der Waals surface area contributed by atoms with Crippen molar-refractivity contribution in [1.82, 2.24) is 0 Å². The summed E-state index contributed by atoms with van der Waals surface area (Å²) in [4.78, 5) is 9.60. The average Bonchev–Trinajstić information content (AvgIpc) is 2.02. The van der Waals surface area contributed by atoms with Crippen LogP contribution in [0.3, 0.4) is 0 Å². The minimum absolute atomic E-state index is 0.133. The molecule has 0 radical (unpaired) electrons. The molecule has 0 atom stereocenters. The number of ether oxygens (including phenoxy) is 1. The number of aliphatic hydroxyl groups excluding tert-OH is 1. The number of rotatable bonds is 4. The van der Waals surface area contributed by atoms with Gasteiger partial charge < -0.3 is 14.9 Å². The number of aliphatic hydroxyl groups is 1. The van der Waals surface area contributed by atoms with Crippen LogP contribution in [0.2, 0.25) is 0 Å². The second kappa shape index (κ2) is 10.1. The Hall–Kier alpha value is -0.870. The molecule has 0 aromatic carbocycles. The number of carbonyl (C=O) groups is 1. The van der Waals surface area contributed by atoms with Crippen LogP contribution in [0.1, 0.15) is 13.8 Å². The Morgan fingerprint density at radius 1 is 1.58 bits per heavy atom. The summed E-state index contributed by atoms with van der Waals surface area (Å²) in [6, 6.07) is 0. The van der Waals surface area contributed by atoms with E-state index in [0.717, 1.165) is 0 Å². The standard InChI is InChI=1S/C4H6O2.C4H10O2/c1-3(2)4(5)6;1-2-6-4-3-5/h1H2,2H3,(H,5,6);5H,2-4H2,1H3. The van der Waals surface area contributed by atoms with Crippen molar-refractivity contribution >= 4 is 5.97 Å². The lowest BCUT2D eigenvalue weighted by Gasteiger charge is -1.91. The second-order valence-electron chi connectivity index (χ2n) is 2.01. The third-order valence-electron chi connectivity index (χ3n) is 0.805. The summed E-state index contributed by atoms with van der Waals surface area (Å²) in [5, 5.41) is 16.0. The maximum Gasteiger partial charge on any atom is 0.330 e. The first-order valence-corrected chi connectivity index (χ1v) is 3.63. The molecule has 0 fully saturated rings. The molecule has 0 saturated carbocycles. The SMILES string of the molecule is C=C(C)C(=O)O.CCOCCO. The Kier molecular flexibility index (Phi) is 11.6. The third-order valence-corrected chi connectivity index (χ3v) is 0.805. The molecule has 0 aliphatic carbocycles. The van der Waals surface area contributed by atoms with Crippen LogP contribution < -0.4 is 0 Å². The molecule has 12 heavy (non-hydrogen) atoms. The molecular weight excluding hydrogens is 160 g/mol. The molecular formula is C8H16O4. The average molecular weight is 176 g/mol. The van der Waals surface area contributed by atoms with Gasteiger partial charge in [-0.1, -0.05) is 6.58 Å². The number of carboxylic acids is 1. The van der Waals surface area contributed by atoms with Crippen LogP contribution in [0.25, 0.3) is 0 Å². The highest BCUT2D eigenvalue weighted by Crippen LogP contribution is 1.81. The summed E-state index contributed by atoms with van der Waals surface area (Å²) >= 11 is 0. The molecule has 0 heterocycles. The summed E-state index contributed by atoms with van der Waals surface area (Å²) < 4.78 is 4.73. The van der Waals surface area contributed by atoms with Gasteiger partial charge in [-0.15, -0.1) is 0 Å². The molecule has 0 bridgehead atoms. The maximum atomic E-state index is 9.60. The highest BCUT2D eigenvalue weighted by Gasteiger charge is 1.90. The molecule has 0 aliphatic heterocycles. The largest absolute Gasteiger partial charge is 0.478 e. The van der Waals surface area contributed by atoms with E-state index in [2.05, 4.69) is 6.58 Å². The monoisotopic (exact) mass is 176 g/mol. The lowest BCUT2D eigenvalue weighted by atomic mass is 10.4. The molecule has 72 valence electrons. The fraction of sp³-hybridized carbons (Fsp3) is 0.625. The fourth-order valence-corrected chi connectivity index (χ4v) is 0.209. The van der Waals surface area contributed by atoms with Gasteiger partial charge in [-0.25, -0.2) is 4.79 Å². The van der Waals surface area contributed by atoms with Crippen LogP contribution in [-0.2, 0) is 9.53 Å². The van der Waals surface area contributed by atoms with Gasteiger partial charge >= 0.3 is 5.97 Å². The lowest BCUT2D eigenvalue weighted by Crippen LogP contribution is -1.96. The first kappa shape index (κ1) is 13.7. The van der Waals surface area contributed by atoms with E-state index in [4.69, 9.17) is 14.9 Å². The zero-order valence-corrected chi connectivity index (χ0v) is 7.54. The summed E-state index contributed by atoms with van der Waals surface area (Å²) in [5.41, 5.74) is 0.176. The van der Waals surface area contributed by atoms with Gasteiger partial charge in [-0.3, -0.25) is 0 Å². The summed E-state index contributed by atoms with van der Waals surface area (Å²) in [5.74, 6) is -0.935. The minimum Gasteiger partial charge on any atom is -0.478 e. The van der Waals surface area contributed by atoms with Crippen LogP contribution in [0, 0.1) is 0 Å². The third kappa shape index (κ3) is 16.1. The molecule has 0 unspecified atom stereocenters. The van der Waals surface area contributed by atoms with Gasteiger partial charge in [0.05, 0.1) is 13.2 Å². The van der Waals surface area contributed by atoms with Crippen molar-refractivity contribution in [3.05, 3.63) is 12.2 Å². The van der Waals surface area contributed by atoms with Crippen molar-refractivity contribution in [2.75, 3.05) is 19.8 Å². The van der Waals surface area contributed by atoms with Crippen LogP contribution >= 0.6 is 0 Å². The van der Waals surface area contributed by atoms with E-state index in [-0.39, 0.29) is 12.2 Å². The van der Waals surface area contributed by atoms with E-state index in [1.165, 1.54) is 6.92 Å².